The molecule has 1 aromatic rings. The molecule has 1 aromatic carbocycles. The summed E-state index contributed by atoms with van der Waals surface area (Å²) in [4.78, 5) is 23.9. The molecule has 1 saturated carbocycles. The summed E-state index contributed by atoms with van der Waals surface area (Å²) in [5.41, 5.74) is 5.80. The molecule has 3 atom stereocenters. The van der Waals surface area contributed by atoms with E-state index in [2.05, 4.69) is 12.2 Å². The highest BCUT2D eigenvalue weighted by Gasteiger charge is 2.39. The van der Waals surface area contributed by atoms with Gasteiger partial charge in [0.1, 0.15) is 0 Å². The highest BCUT2D eigenvalue weighted by molar-refractivity contribution is 5.90. The number of nitrogens with one attached hydrogen (secondary N) is 1. The Morgan fingerprint density at radius 2 is 2.05 bits per heavy atom. The van der Waals surface area contributed by atoms with Crippen molar-refractivity contribution in [3.8, 4) is 0 Å². The van der Waals surface area contributed by atoms with Crippen LogP contribution in [-0.2, 0) is 9.59 Å². The highest BCUT2D eigenvalue weighted by Crippen LogP contribution is 2.31. The summed E-state index contributed by atoms with van der Waals surface area (Å²) in [5, 5.41) is 12.0. The van der Waals surface area contributed by atoms with Crippen LogP contribution in [0.4, 0.5) is 0 Å². The Labute approximate surface area is 124 Å². The molecular weight excluding hydrogens is 268 g/mol. The predicted octanol–water partition coefficient (Wildman–Crippen LogP) is 1.84. The van der Waals surface area contributed by atoms with Gasteiger partial charge < -0.3 is 16.2 Å². The smallest absolute Gasteiger partial charge is 0.330 e. The first kappa shape index (κ1) is 15.5. The molecule has 5 nitrogen and oxygen atoms in total. The van der Waals surface area contributed by atoms with Gasteiger partial charge in [-0.3, -0.25) is 4.79 Å². The number of carbonyl (C=O) groups is 2. The number of carboxylic acid groups (broad SMARTS) is 1. The Balaban J connectivity index is 2.14. The second kappa shape index (κ2) is 6.26. The van der Waals surface area contributed by atoms with Gasteiger partial charge in [0.25, 0.3) is 0 Å². The van der Waals surface area contributed by atoms with Crippen molar-refractivity contribution in [2.75, 3.05) is 0 Å². The van der Waals surface area contributed by atoms with Crippen molar-refractivity contribution in [1.82, 2.24) is 5.32 Å². The van der Waals surface area contributed by atoms with Crippen LogP contribution in [0.3, 0.4) is 0 Å². The number of amides is 1. The summed E-state index contributed by atoms with van der Waals surface area (Å²) >= 11 is 0. The average molecular weight is 290 g/mol. The van der Waals surface area contributed by atoms with Crippen LogP contribution in [0, 0.1) is 5.92 Å². The SMILES string of the molecule is CC1CCCC(N)(C(=O)NC(C(=O)O)c2ccccc2)C1. The van der Waals surface area contributed by atoms with E-state index in [9.17, 15) is 14.7 Å². The molecule has 0 heterocycles. The minimum atomic E-state index is -1.08. The van der Waals surface area contributed by atoms with Gasteiger partial charge in [-0.15, -0.1) is 0 Å². The number of hydrogen-bond acceptors (Lipinski definition) is 3. The minimum absolute atomic E-state index is 0.370. The number of aliphatic carboxylic acids is 1. The zero-order chi connectivity index (χ0) is 15.5. The van der Waals surface area contributed by atoms with Crippen LogP contribution in [0.2, 0.25) is 0 Å². The quantitative estimate of drug-likeness (QED) is 0.789. The van der Waals surface area contributed by atoms with Gasteiger partial charge in [-0.1, -0.05) is 50.1 Å². The van der Waals surface area contributed by atoms with Gasteiger partial charge in [0.2, 0.25) is 5.91 Å². The van der Waals surface area contributed by atoms with Gasteiger partial charge in [0.15, 0.2) is 6.04 Å². The first-order valence-electron chi connectivity index (χ1n) is 7.30. The molecule has 4 N–H and O–H groups in total. The van der Waals surface area contributed by atoms with E-state index >= 15 is 0 Å². The maximum atomic E-state index is 12.5. The normalized spacial score (nSPS) is 26.9. The Morgan fingerprint density at radius 1 is 1.38 bits per heavy atom. The summed E-state index contributed by atoms with van der Waals surface area (Å²) < 4.78 is 0. The fourth-order valence-corrected chi connectivity index (χ4v) is 3.01. The van der Waals surface area contributed by atoms with E-state index in [1.807, 2.05) is 0 Å². The topological polar surface area (TPSA) is 92.4 Å². The molecule has 1 amide bonds. The van der Waals surface area contributed by atoms with Gasteiger partial charge in [-0.2, -0.15) is 0 Å². The lowest BCUT2D eigenvalue weighted by Gasteiger charge is -2.36. The van der Waals surface area contributed by atoms with E-state index in [0.29, 0.717) is 24.3 Å². The molecule has 0 saturated heterocycles. The summed E-state index contributed by atoms with van der Waals surface area (Å²) in [6.45, 7) is 2.07. The van der Waals surface area contributed by atoms with Gasteiger partial charge in [0, 0.05) is 0 Å². The Morgan fingerprint density at radius 3 is 2.62 bits per heavy atom. The largest absolute Gasteiger partial charge is 0.479 e. The van der Waals surface area contributed by atoms with Crippen molar-refractivity contribution in [2.45, 2.75) is 44.2 Å². The van der Waals surface area contributed by atoms with Crippen molar-refractivity contribution in [3.05, 3.63) is 35.9 Å². The number of carboxylic acids is 1. The molecule has 5 heteroatoms. The fourth-order valence-electron chi connectivity index (χ4n) is 3.01. The first-order chi connectivity index (χ1) is 9.92. The van der Waals surface area contributed by atoms with Crippen LogP contribution in [0.15, 0.2) is 30.3 Å². The van der Waals surface area contributed by atoms with Crippen molar-refractivity contribution in [1.29, 1.82) is 0 Å². The molecule has 0 spiro atoms. The third kappa shape index (κ3) is 3.61. The zero-order valence-corrected chi connectivity index (χ0v) is 12.2. The number of benzene rings is 1. The lowest BCUT2D eigenvalue weighted by molar-refractivity contribution is -0.143. The minimum Gasteiger partial charge on any atom is -0.479 e. The van der Waals surface area contributed by atoms with Crippen molar-refractivity contribution in [2.24, 2.45) is 11.7 Å². The third-order valence-electron chi connectivity index (χ3n) is 4.14. The van der Waals surface area contributed by atoms with E-state index in [4.69, 9.17) is 5.73 Å². The van der Waals surface area contributed by atoms with E-state index < -0.39 is 17.6 Å². The molecule has 0 bridgehead atoms. The van der Waals surface area contributed by atoms with Crippen molar-refractivity contribution >= 4 is 11.9 Å². The lowest BCUT2D eigenvalue weighted by Crippen LogP contribution is -2.57. The summed E-state index contributed by atoms with van der Waals surface area (Å²) in [5.74, 6) is -1.07. The molecule has 114 valence electrons. The highest BCUT2D eigenvalue weighted by atomic mass is 16.4. The third-order valence-corrected chi connectivity index (χ3v) is 4.14. The Hall–Kier alpha value is -1.88. The molecule has 0 aromatic heterocycles. The van der Waals surface area contributed by atoms with E-state index in [1.54, 1.807) is 30.3 Å². The van der Waals surface area contributed by atoms with Crippen LogP contribution < -0.4 is 11.1 Å². The molecule has 1 aliphatic rings. The molecule has 1 aliphatic carbocycles. The number of carbonyl (C=O) groups excluding carboxylic acids is 1. The van der Waals surface area contributed by atoms with Gasteiger partial charge in [0.05, 0.1) is 5.54 Å². The van der Waals surface area contributed by atoms with Crippen LogP contribution in [0.25, 0.3) is 0 Å². The molecule has 3 unspecified atom stereocenters. The van der Waals surface area contributed by atoms with E-state index in [1.165, 1.54) is 0 Å². The van der Waals surface area contributed by atoms with Gasteiger partial charge in [-0.05, 0) is 24.3 Å². The number of hydrogen-bond donors (Lipinski definition) is 3. The fraction of sp³-hybridized carbons (Fsp3) is 0.500. The maximum Gasteiger partial charge on any atom is 0.330 e. The van der Waals surface area contributed by atoms with E-state index in [0.717, 1.165) is 12.8 Å². The summed E-state index contributed by atoms with van der Waals surface area (Å²) in [7, 11) is 0. The Bertz CT molecular complexity index is 518. The first-order valence-corrected chi connectivity index (χ1v) is 7.30. The summed E-state index contributed by atoms with van der Waals surface area (Å²) in [6.07, 6.45) is 3.16. The van der Waals surface area contributed by atoms with Crippen LogP contribution in [-0.4, -0.2) is 22.5 Å². The van der Waals surface area contributed by atoms with Crippen LogP contribution in [0.5, 0.6) is 0 Å². The second-order valence-corrected chi connectivity index (χ2v) is 6.01. The van der Waals surface area contributed by atoms with Crippen molar-refractivity contribution < 1.29 is 14.7 Å². The summed E-state index contributed by atoms with van der Waals surface area (Å²) in [6, 6.07) is 7.61. The van der Waals surface area contributed by atoms with Gasteiger partial charge >= 0.3 is 5.97 Å². The molecule has 0 radical (unpaired) electrons. The second-order valence-electron chi connectivity index (χ2n) is 6.01. The van der Waals surface area contributed by atoms with Crippen molar-refractivity contribution in [3.63, 3.8) is 0 Å². The van der Waals surface area contributed by atoms with Gasteiger partial charge in [-0.25, -0.2) is 4.79 Å². The molecule has 1 fully saturated rings. The number of rotatable bonds is 4. The monoisotopic (exact) mass is 290 g/mol. The van der Waals surface area contributed by atoms with Crippen LogP contribution >= 0.6 is 0 Å². The molecule has 2 rings (SSSR count). The standard InChI is InChI=1S/C16H22N2O3/c1-11-6-5-9-16(17,10-11)15(21)18-13(14(19)20)12-7-3-2-4-8-12/h2-4,7-8,11,13H,5-6,9-10,17H2,1H3,(H,18,21)(H,19,20). The van der Waals surface area contributed by atoms with E-state index in [-0.39, 0.29) is 5.91 Å². The van der Waals surface area contributed by atoms with Crippen LogP contribution in [0.1, 0.15) is 44.2 Å². The maximum absolute atomic E-state index is 12.5. The molecular formula is C16H22N2O3. The molecule has 0 aliphatic heterocycles. The Kier molecular flexibility index (Phi) is 4.63. The average Bonchev–Trinajstić information content (AvgIpc) is 2.44. The predicted molar refractivity (Wildman–Crippen MR) is 79.5 cm³/mol. The zero-order valence-electron chi connectivity index (χ0n) is 12.2. The molecule has 21 heavy (non-hydrogen) atoms. The lowest BCUT2D eigenvalue weighted by atomic mass is 9.76. The number of nitrogens with two attached hydrogens (primary N) is 1.